The Morgan fingerprint density at radius 3 is 2.15 bits per heavy atom. The fourth-order valence-electron chi connectivity index (χ4n) is 3.79. The van der Waals surface area contributed by atoms with E-state index < -0.39 is 0 Å². The van der Waals surface area contributed by atoms with Gasteiger partial charge < -0.3 is 5.11 Å². The van der Waals surface area contributed by atoms with Crippen molar-refractivity contribution in [2.45, 2.75) is 6.42 Å². The zero-order chi connectivity index (χ0) is 21.8. The molecule has 5 aromatic rings. The molecule has 0 saturated carbocycles. The molecule has 0 aliphatic heterocycles. The van der Waals surface area contributed by atoms with Crippen LogP contribution in [0.5, 0.6) is 5.75 Å². The third-order valence-corrected chi connectivity index (χ3v) is 5.39. The molecule has 5 rings (SSSR count). The van der Waals surface area contributed by atoms with Crippen LogP contribution < -0.4 is 0 Å². The van der Waals surface area contributed by atoms with E-state index in [9.17, 15) is 5.11 Å². The molecule has 0 unspecified atom stereocenters. The molecule has 3 aromatic carbocycles. The maximum atomic E-state index is 10.6. The van der Waals surface area contributed by atoms with Gasteiger partial charge in [0.25, 0.3) is 0 Å². The van der Waals surface area contributed by atoms with E-state index in [1.54, 1.807) is 12.3 Å². The predicted molar refractivity (Wildman–Crippen MR) is 128 cm³/mol. The van der Waals surface area contributed by atoms with Crippen LogP contribution in [0.2, 0.25) is 0 Å². The number of phenols is 1. The first kappa shape index (κ1) is 22.6. The third-order valence-electron chi connectivity index (χ3n) is 5.39. The molecule has 0 fully saturated rings. The number of aromatic hydroxyl groups is 1. The van der Waals surface area contributed by atoms with E-state index in [1.165, 1.54) is 5.56 Å². The smallest absolute Gasteiger partial charge is 0.124 e. The molecule has 1 N–H and O–H groups in total. The number of rotatable bonds is 5. The molecule has 0 aliphatic carbocycles. The van der Waals surface area contributed by atoms with Crippen molar-refractivity contribution in [2.75, 3.05) is 0 Å². The Morgan fingerprint density at radius 2 is 1.39 bits per heavy atom. The van der Waals surface area contributed by atoms with Crippen molar-refractivity contribution in [1.82, 2.24) is 9.97 Å². The van der Waals surface area contributed by atoms with Gasteiger partial charge >= 0.3 is 0 Å². The number of hydrogen-bond donors (Lipinski definition) is 1. The standard InChI is InChI=1S/C29H21N2O.Pt/c32-28-15-5-4-13-25(28)29-24(19-21-9-2-1-3-10-21)16-17-27(31-29)23-12-8-11-22(20-23)26-14-6-7-18-30-26;/h1-18,32H,19H2;/q-1;. The molecule has 3 nitrogen and oxygen atoms in total. The number of benzene rings is 3. The third kappa shape index (κ3) is 5.10. The molecule has 33 heavy (non-hydrogen) atoms. The Labute approximate surface area is 208 Å². The Balaban J connectivity index is 0.00000259. The van der Waals surface area contributed by atoms with Gasteiger partial charge in [0.15, 0.2) is 0 Å². The molecule has 2 heterocycles. The first-order valence-corrected chi connectivity index (χ1v) is 10.5. The summed E-state index contributed by atoms with van der Waals surface area (Å²) in [6.45, 7) is 0. The van der Waals surface area contributed by atoms with E-state index in [0.717, 1.165) is 45.8 Å². The van der Waals surface area contributed by atoms with Crippen LogP contribution in [0.15, 0.2) is 109 Å². The number of nitrogens with zero attached hydrogens (tertiary/aromatic N) is 2. The van der Waals surface area contributed by atoms with Gasteiger partial charge in [-0.1, -0.05) is 77.9 Å². The van der Waals surface area contributed by atoms with Gasteiger partial charge in [-0.15, -0.1) is 24.3 Å². The average molecular weight is 609 g/mol. The molecule has 0 amide bonds. The molecular weight excluding hydrogens is 587 g/mol. The second-order valence-corrected chi connectivity index (χ2v) is 7.58. The van der Waals surface area contributed by atoms with Crippen molar-refractivity contribution in [3.05, 3.63) is 127 Å². The largest absolute Gasteiger partial charge is 0.507 e. The Kier molecular flexibility index (Phi) is 7.12. The summed E-state index contributed by atoms with van der Waals surface area (Å²) >= 11 is 0. The summed E-state index contributed by atoms with van der Waals surface area (Å²) in [6.07, 6.45) is 2.51. The number of phenolic OH excluding ortho intramolecular Hbond substituents is 1. The maximum absolute atomic E-state index is 10.6. The molecule has 0 atom stereocenters. The second-order valence-electron chi connectivity index (χ2n) is 7.58. The van der Waals surface area contributed by atoms with Crippen LogP contribution in [0.4, 0.5) is 0 Å². The van der Waals surface area contributed by atoms with Crippen LogP contribution in [0.1, 0.15) is 11.1 Å². The molecule has 0 radical (unpaired) electrons. The van der Waals surface area contributed by atoms with Crippen molar-refractivity contribution in [3.8, 4) is 39.5 Å². The Bertz CT molecular complexity index is 1350. The van der Waals surface area contributed by atoms with Crippen LogP contribution in [-0.2, 0) is 27.5 Å². The molecule has 0 aliphatic rings. The van der Waals surface area contributed by atoms with Crippen LogP contribution >= 0.6 is 0 Å². The van der Waals surface area contributed by atoms with E-state index in [1.807, 2.05) is 78.9 Å². The first-order chi connectivity index (χ1) is 15.8. The minimum atomic E-state index is 0. The van der Waals surface area contributed by atoms with Gasteiger partial charge in [-0.05, 0) is 35.7 Å². The van der Waals surface area contributed by atoms with Crippen LogP contribution in [-0.4, -0.2) is 15.1 Å². The first-order valence-electron chi connectivity index (χ1n) is 10.5. The Hall–Kier alpha value is -3.55. The van der Waals surface area contributed by atoms with Crippen LogP contribution in [0.25, 0.3) is 33.8 Å². The van der Waals surface area contributed by atoms with Crippen molar-refractivity contribution in [2.24, 2.45) is 0 Å². The zero-order valence-electron chi connectivity index (χ0n) is 17.8. The maximum Gasteiger partial charge on any atom is 0.124 e. The minimum absolute atomic E-state index is 0. The van der Waals surface area contributed by atoms with Crippen molar-refractivity contribution < 1.29 is 26.2 Å². The summed E-state index contributed by atoms with van der Waals surface area (Å²) in [7, 11) is 0. The molecule has 2 aromatic heterocycles. The number of aromatic nitrogens is 2. The second kappa shape index (κ2) is 10.4. The molecule has 0 spiro atoms. The van der Waals surface area contributed by atoms with Crippen molar-refractivity contribution in [1.29, 1.82) is 0 Å². The molecule has 0 bridgehead atoms. The molecule has 0 saturated heterocycles. The van der Waals surface area contributed by atoms with Gasteiger partial charge in [-0.2, -0.15) is 0 Å². The predicted octanol–water partition coefficient (Wildman–Crippen LogP) is 6.57. The van der Waals surface area contributed by atoms with E-state index in [2.05, 4.69) is 29.2 Å². The SMILES string of the molecule is Oc1ccccc1-c1nc(-c2[c-]c(-c3ccccn3)ccc2)ccc1Cc1ccccc1.[Pt]. The minimum Gasteiger partial charge on any atom is -0.507 e. The topological polar surface area (TPSA) is 46.0 Å². The van der Waals surface area contributed by atoms with Gasteiger partial charge in [0, 0.05) is 44.2 Å². The summed E-state index contributed by atoms with van der Waals surface area (Å²) in [5.74, 6) is 0.220. The van der Waals surface area contributed by atoms with E-state index in [-0.39, 0.29) is 26.8 Å². The molecule has 164 valence electrons. The molecule has 4 heteroatoms. The van der Waals surface area contributed by atoms with Gasteiger partial charge in [-0.25, -0.2) is 0 Å². The summed E-state index contributed by atoms with van der Waals surface area (Å²) < 4.78 is 0. The van der Waals surface area contributed by atoms with E-state index in [4.69, 9.17) is 4.98 Å². The fourth-order valence-corrected chi connectivity index (χ4v) is 3.79. The number of pyridine rings is 2. The molecular formula is C29H21N2OPt-. The van der Waals surface area contributed by atoms with Crippen LogP contribution in [0, 0.1) is 6.07 Å². The van der Waals surface area contributed by atoms with Crippen molar-refractivity contribution in [3.63, 3.8) is 0 Å². The van der Waals surface area contributed by atoms with Gasteiger partial charge in [0.1, 0.15) is 5.75 Å². The normalized spacial score (nSPS) is 10.4. The van der Waals surface area contributed by atoms with Crippen LogP contribution in [0.3, 0.4) is 0 Å². The summed E-state index contributed by atoms with van der Waals surface area (Å²) in [4.78, 5) is 9.43. The van der Waals surface area contributed by atoms with Gasteiger partial charge in [0.2, 0.25) is 0 Å². The fraction of sp³-hybridized carbons (Fsp3) is 0.0345. The van der Waals surface area contributed by atoms with E-state index in [0.29, 0.717) is 0 Å². The number of para-hydroxylation sites is 1. The summed E-state index contributed by atoms with van der Waals surface area (Å²) in [6, 6.07) is 37.0. The summed E-state index contributed by atoms with van der Waals surface area (Å²) in [5, 5.41) is 10.6. The van der Waals surface area contributed by atoms with E-state index >= 15 is 0 Å². The van der Waals surface area contributed by atoms with Crippen molar-refractivity contribution >= 4 is 0 Å². The zero-order valence-corrected chi connectivity index (χ0v) is 20.0. The average Bonchev–Trinajstić information content (AvgIpc) is 2.86. The summed E-state index contributed by atoms with van der Waals surface area (Å²) in [5.41, 5.74) is 7.24. The monoisotopic (exact) mass is 608 g/mol. The van der Waals surface area contributed by atoms with Gasteiger partial charge in [0.05, 0.1) is 5.69 Å². The Morgan fingerprint density at radius 1 is 0.667 bits per heavy atom. The quantitative estimate of drug-likeness (QED) is 0.230. The number of hydrogen-bond acceptors (Lipinski definition) is 3. The van der Waals surface area contributed by atoms with Gasteiger partial charge in [-0.3, -0.25) is 9.97 Å².